The summed E-state index contributed by atoms with van der Waals surface area (Å²) in [6.45, 7) is -0.162. The molecule has 1 N–H and O–H groups in total. The second-order valence-electron chi connectivity index (χ2n) is 4.32. The van der Waals surface area contributed by atoms with Crippen molar-refractivity contribution in [3.8, 4) is 5.75 Å². The fourth-order valence-corrected chi connectivity index (χ4v) is 2.59. The molecule has 5 nitrogen and oxygen atoms in total. The smallest absolute Gasteiger partial charge is 0.428 e. The van der Waals surface area contributed by atoms with Gasteiger partial charge < -0.3 is 4.74 Å². The van der Waals surface area contributed by atoms with Crippen LogP contribution in [0.1, 0.15) is 0 Å². The van der Waals surface area contributed by atoms with E-state index >= 15 is 0 Å². The second kappa shape index (κ2) is 6.98. The van der Waals surface area contributed by atoms with E-state index in [0.717, 1.165) is 17.0 Å². The van der Waals surface area contributed by atoms with Crippen LogP contribution >= 0.6 is 35.1 Å². The van der Waals surface area contributed by atoms with Crippen LogP contribution in [0, 0.1) is 0 Å². The zero-order valence-corrected chi connectivity index (χ0v) is 13.7. The van der Waals surface area contributed by atoms with Crippen molar-refractivity contribution in [2.24, 2.45) is 0 Å². The molecule has 24 heavy (non-hydrogen) atoms. The van der Waals surface area contributed by atoms with Crippen molar-refractivity contribution >= 4 is 46.9 Å². The summed E-state index contributed by atoms with van der Waals surface area (Å²) in [5, 5.41) is 0. The van der Waals surface area contributed by atoms with Crippen LogP contribution < -0.4 is 15.1 Å². The summed E-state index contributed by atoms with van der Waals surface area (Å²) < 4.78 is 65.1. The maximum Gasteiger partial charge on any atom is 0.461 e. The zero-order valence-electron chi connectivity index (χ0n) is 11.4. The lowest BCUT2D eigenvalue weighted by Crippen LogP contribution is -2.33. The Morgan fingerprint density at radius 1 is 1.29 bits per heavy atom. The third kappa shape index (κ3) is 4.68. The van der Waals surface area contributed by atoms with Crippen LogP contribution in [-0.2, 0) is 0 Å². The number of carbonyl (C=O) groups is 1. The minimum atomic E-state index is -4.68. The average Bonchev–Trinajstić information content (AvgIpc) is 2.78. The Morgan fingerprint density at radius 2 is 1.96 bits per heavy atom. The lowest BCUT2D eigenvalue weighted by Gasteiger charge is -2.20. The van der Waals surface area contributed by atoms with Gasteiger partial charge in [0.2, 0.25) is 0 Å². The Morgan fingerprint density at radius 3 is 2.54 bits per heavy atom. The predicted octanol–water partition coefficient (Wildman–Crippen LogP) is 4.33. The molecule has 1 heterocycles. The lowest BCUT2D eigenvalue weighted by atomic mass is 10.3. The van der Waals surface area contributed by atoms with Gasteiger partial charge in [0.15, 0.2) is 0 Å². The van der Waals surface area contributed by atoms with Crippen LogP contribution in [0.2, 0.25) is 0 Å². The number of hydrazine groups is 1. The van der Waals surface area contributed by atoms with Gasteiger partial charge in [-0.1, -0.05) is 29.3 Å². The van der Waals surface area contributed by atoms with Gasteiger partial charge in [-0.15, -0.1) is 0 Å². The van der Waals surface area contributed by atoms with E-state index < -0.39 is 28.2 Å². The van der Waals surface area contributed by atoms with Crippen molar-refractivity contribution in [3.05, 3.63) is 24.3 Å². The van der Waals surface area contributed by atoms with E-state index in [0.29, 0.717) is 4.41 Å². The molecule has 0 aliphatic carbocycles. The number of ether oxygens (including phenoxy) is 1. The Labute approximate surface area is 146 Å². The van der Waals surface area contributed by atoms with E-state index in [4.69, 9.17) is 23.2 Å². The summed E-state index contributed by atoms with van der Waals surface area (Å²) in [6, 6.07) is 3.72. The third-order valence-electron chi connectivity index (χ3n) is 2.61. The van der Waals surface area contributed by atoms with Crippen LogP contribution in [0.4, 0.5) is 32.4 Å². The summed E-state index contributed by atoms with van der Waals surface area (Å²) in [4.78, 5) is 13.1. The largest absolute Gasteiger partial charge is 0.461 e. The Balaban J connectivity index is 2.13. The van der Waals surface area contributed by atoms with Crippen LogP contribution in [0.25, 0.3) is 0 Å². The number of amides is 2. The van der Waals surface area contributed by atoms with Gasteiger partial charge in [0.05, 0.1) is 12.4 Å². The molecule has 0 saturated carbocycles. The average molecular weight is 412 g/mol. The van der Waals surface area contributed by atoms with E-state index in [1.54, 1.807) is 0 Å². The van der Waals surface area contributed by atoms with E-state index in [1.165, 1.54) is 12.1 Å². The molecule has 2 rings (SSSR count). The van der Waals surface area contributed by atoms with Gasteiger partial charge >= 0.3 is 22.5 Å². The number of alkyl halides is 7. The standard InChI is InChI=1S/C11H8Cl2F5N3O2S/c12-11(13,18)24-21-9(22)20(5-19-21)6-2-1-3-7(4-6)23-10(16,17)8(14)15/h1-4,8,19H,5H2. The fraction of sp³-hybridized carbons (Fsp3) is 0.364. The maximum absolute atomic E-state index is 13.1. The first-order chi connectivity index (χ1) is 11.0. The molecule has 1 aliphatic heterocycles. The summed E-state index contributed by atoms with van der Waals surface area (Å²) in [5.74, 6) is -0.578. The molecule has 0 atom stereocenters. The van der Waals surface area contributed by atoms with Crippen molar-refractivity contribution in [2.45, 2.75) is 16.5 Å². The molecule has 1 aromatic rings. The summed E-state index contributed by atoms with van der Waals surface area (Å²) in [5.41, 5.74) is 2.50. The SMILES string of the molecule is O=C1N(SC(F)(Cl)Cl)NCN1c1cccc(OC(F)(F)C(F)F)c1. The highest BCUT2D eigenvalue weighted by Gasteiger charge is 2.44. The third-order valence-corrected chi connectivity index (χ3v) is 3.70. The number of benzene rings is 1. The number of urea groups is 1. The van der Waals surface area contributed by atoms with Crippen molar-refractivity contribution in [1.29, 1.82) is 0 Å². The molecule has 0 unspecified atom stereocenters. The highest BCUT2D eigenvalue weighted by Crippen LogP contribution is 2.39. The Kier molecular flexibility index (Phi) is 5.57. The number of rotatable bonds is 6. The molecule has 0 aromatic heterocycles. The molecule has 1 saturated heterocycles. The Hall–Kier alpha value is -1.17. The van der Waals surface area contributed by atoms with E-state index in [1.807, 2.05) is 0 Å². The first kappa shape index (κ1) is 19.2. The van der Waals surface area contributed by atoms with Crippen LogP contribution in [-0.4, -0.2) is 33.6 Å². The molecule has 1 aliphatic rings. The summed E-state index contributed by atoms with van der Waals surface area (Å²) >= 11 is 10.4. The first-order valence-corrected chi connectivity index (χ1v) is 7.58. The van der Waals surface area contributed by atoms with Gasteiger partial charge in [-0.2, -0.15) is 31.8 Å². The fourth-order valence-electron chi connectivity index (χ4n) is 1.67. The molecule has 0 bridgehead atoms. The predicted molar refractivity (Wildman–Crippen MR) is 78.9 cm³/mol. The molecule has 1 aromatic carbocycles. The minimum Gasteiger partial charge on any atom is -0.428 e. The summed E-state index contributed by atoms with van der Waals surface area (Å²) in [7, 11) is 0. The van der Waals surface area contributed by atoms with Gasteiger partial charge in [0.1, 0.15) is 5.75 Å². The number of nitrogens with one attached hydrogen (secondary N) is 1. The van der Waals surface area contributed by atoms with Crippen LogP contribution in [0.5, 0.6) is 5.75 Å². The monoisotopic (exact) mass is 411 g/mol. The second-order valence-corrected chi connectivity index (χ2v) is 7.11. The first-order valence-electron chi connectivity index (χ1n) is 6.05. The van der Waals surface area contributed by atoms with Crippen LogP contribution in [0.15, 0.2) is 24.3 Å². The van der Waals surface area contributed by atoms with Crippen molar-refractivity contribution in [1.82, 2.24) is 9.84 Å². The van der Waals surface area contributed by atoms with Gasteiger partial charge in [0, 0.05) is 18.0 Å². The molecular formula is C11H8Cl2F5N3O2S. The number of halogens is 7. The molecule has 0 spiro atoms. The van der Waals surface area contributed by atoms with Crippen molar-refractivity contribution in [3.63, 3.8) is 0 Å². The van der Waals surface area contributed by atoms with Gasteiger partial charge in [-0.25, -0.2) is 4.79 Å². The number of anilines is 1. The molecule has 13 heteroatoms. The van der Waals surface area contributed by atoms with Crippen molar-refractivity contribution < 1.29 is 31.5 Å². The lowest BCUT2D eigenvalue weighted by molar-refractivity contribution is -0.253. The van der Waals surface area contributed by atoms with E-state index in [9.17, 15) is 26.7 Å². The van der Waals surface area contributed by atoms with Crippen molar-refractivity contribution in [2.75, 3.05) is 11.6 Å². The van der Waals surface area contributed by atoms with Gasteiger partial charge in [0.25, 0.3) is 0 Å². The highest BCUT2D eigenvalue weighted by atomic mass is 35.5. The normalized spacial score (nSPS) is 16.2. The quantitative estimate of drug-likeness (QED) is 0.429. The number of nitrogens with zero attached hydrogens (tertiary/aromatic N) is 2. The molecule has 134 valence electrons. The molecular weight excluding hydrogens is 404 g/mol. The maximum atomic E-state index is 13.1. The van der Waals surface area contributed by atoms with Crippen LogP contribution in [0.3, 0.4) is 0 Å². The van der Waals surface area contributed by atoms with E-state index in [2.05, 4.69) is 10.2 Å². The number of carbonyl (C=O) groups excluding carboxylic acids is 1. The molecule has 0 radical (unpaired) electrons. The topological polar surface area (TPSA) is 44.8 Å². The summed E-state index contributed by atoms with van der Waals surface area (Å²) in [6.07, 6.45) is -8.70. The highest BCUT2D eigenvalue weighted by molar-refractivity contribution is 8.01. The number of hydrogen-bond acceptors (Lipinski definition) is 4. The number of hydrogen-bond donors (Lipinski definition) is 1. The minimum absolute atomic E-state index is 0.0479. The Bertz CT molecular complexity index is 620. The molecule has 1 fully saturated rings. The zero-order chi connectivity index (χ0) is 18.1. The molecule has 2 amide bonds. The van der Waals surface area contributed by atoms with Gasteiger partial charge in [-0.3, -0.25) is 4.90 Å². The van der Waals surface area contributed by atoms with Gasteiger partial charge in [-0.05, 0) is 12.1 Å². The van der Waals surface area contributed by atoms with E-state index in [-0.39, 0.29) is 24.3 Å².